The standard InChI is InChI=1S/C55H88N2.2C13H27.Ni/c1-5-9-13-15-17-18-19-20-21-22-23-24-25-26-27-28-29-30-31-34-41-49-42-36-37-45-51(49)55-53(44-12-8-4)52(46-35-32-16-14-10-6-2)54(57(55)56)50-43-38-40-48(47-50)39-33-11-7-3;2*1-3-5-7-9-11-13-12-10-8-6-4-2;/h30-31,36-38,40,42-43,45,47H,5-29,32-35,39,41,44,46H2,1-4H3;2*1,3-13H2,2H3;/q;2*-1;+2. The van der Waals surface area contributed by atoms with E-state index in [0.29, 0.717) is 0 Å². The molecule has 0 N–H and O–H groups in total. The number of unbranched alkanes of at least 4 members (excludes halogenated alkanes) is 44. The van der Waals surface area contributed by atoms with Crippen LogP contribution >= 0.6 is 0 Å². The van der Waals surface area contributed by atoms with Crippen LogP contribution in [0.2, 0.25) is 0 Å². The molecule has 486 valence electrons. The molecule has 2 aromatic carbocycles. The van der Waals surface area contributed by atoms with Gasteiger partial charge in [0.15, 0.2) is 0 Å². The van der Waals surface area contributed by atoms with E-state index in [1.807, 2.05) is 0 Å². The molecule has 1 heterocycles. The van der Waals surface area contributed by atoms with E-state index in [2.05, 4.69) is 116 Å². The molecule has 0 aromatic heterocycles. The average molecular weight is 1200 g/mol. The second-order valence-electron chi connectivity index (χ2n) is 25.6. The fourth-order valence-electron chi connectivity index (χ4n) is 12.2. The van der Waals surface area contributed by atoms with Crippen molar-refractivity contribution in [2.24, 2.45) is 0 Å². The third kappa shape index (κ3) is 44.2. The van der Waals surface area contributed by atoms with E-state index >= 15 is 0 Å². The van der Waals surface area contributed by atoms with Crippen LogP contribution < -0.4 is 0 Å². The number of hydrogen-bond donors (Lipinski definition) is 0. The molecule has 0 atom stereocenters. The Balaban J connectivity index is 0.00000209. The Bertz CT molecular complexity index is 1770. The fraction of sp³-hybridized carbons (Fsp3) is 0.753. The molecule has 0 aliphatic carbocycles. The Kier molecular flexibility index (Phi) is 62.1. The summed E-state index contributed by atoms with van der Waals surface area (Å²) < 4.78 is 1.62. The Morgan fingerprint density at radius 3 is 1.12 bits per heavy atom. The van der Waals surface area contributed by atoms with E-state index in [1.54, 1.807) is 4.70 Å². The van der Waals surface area contributed by atoms with Crippen molar-refractivity contribution in [3.05, 3.63) is 113 Å². The molecule has 2 nitrogen and oxygen atoms in total. The van der Waals surface area contributed by atoms with Crippen LogP contribution in [0.3, 0.4) is 0 Å². The minimum Gasteiger partial charge on any atom is -0.493 e. The van der Waals surface area contributed by atoms with E-state index in [4.69, 9.17) is 0 Å². The number of rotatable bonds is 56. The van der Waals surface area contributed by atoms with Gasteiger partial charge in [0.25, 0.3) is 0 Å². The Morgan fingerprint density at radius 1 is 0.333 bits per heavy atom. The zero-order valence-electron chi connectivity index (χ0n) is 57.3. The molecule has 0 radical (unpaired) electrons. The van der Waals surface area contributed by atoms with Gasteiger partial charge < -0.3 is 19.4 Å². The molecule has 1 aliphatic rings. The third-order valence-corrected chi connectivity index (χ3v) is 17.6. The minimum absolute atomic E-state index is 0. The van der Waals surface area contributed by atoms with Gasteiger partial charge in [0.1, 0.15) is 0 Å². The van der Waals surface area contributed by atoms with Crippen molar-refractivity contribution in [1.29, 1.82) is 0 Å². The zero-order chi connectivity index (χ0) is 60.2. The molecule has 3 rings (SSSR count). The number of aryl methyl sites for hydroxylation is 2. The van der Waals surface area contributed by atoms with Gasteiger partial charge in [-0.25, -0.2) is 4.70 Å². The normalized spacial score (nSPS) is 12.3. The summed E-state index contributed by atoms with van der Waals surface area (Å²) in [6.45, 7) is 21.4. The van der Waals surface area contributed by atoms with Gasteiger partial charge in [0, 0.05) is 22.3 Å². The van der Waals surface area contributed by atoms with Crippen molar-refractivity contribution in [2.45, 2.75) is 395 Å². The molecule has 0 spiro atoms. The monoisotopic (exact) mass is 1200 g/mol. The van der Waals surface area contributed by atoms with Gasteiger partial charge in [-0.15, -0.1) is 0 Å². The summed E-state index contributed by atoms with van der Waals surface area (Å²) in [6, 6.07) is 18.0. The average Bonchev–Trinajstić information content (AvgIpc) is 3.76. The second kappa shape index (κ2) is 63.8. The number of benzene rings is 2. The Morgan fingerprint density at radius 2 is 0.679 bits per heavy atom. The largest absolute Gasteiger partial charge is 2.00 e. The summed E-state index contributed by atoms with van der Waals surface area (Å²) >= 11 is 0. The molecule has 0 unspecified atom stereocenters. The molecule has 3 heteroatoms. The summed E-state index contributed by atoms with van der Waals surface area (Å²) in [6.07, 6.45) is 78.4. The van der Waals surface area contributed by atoms with E-state index in [0.717, 1.165) is 69.2 Å². The van der Waals surface area contributed by atoms with Crippen LogP contribution in [-0.4, -0.2) is 4.70 Å². The van der Waals surface area contributed by atoms with Gasteiger partial charge in [-0.05, 0) is 93.5 Å². The SMILES string of the molecule is CCCCCCCCCCCCCCCCCCC=CCCc1ccccc1C1=C(CCCC)C(CCCCCCCC)=C(c2cccc(CCCCC)c2)[N+]1=[N-].[CH2-]CCCCCCCCCCCC.[CH2-]CCCCCCCCCCCC.[Ni+2]. The van der Waals surface area contributed by atoms with Crippen molar-refractivity contribution in [3.8, 4) is 0 Å². The minimum atomic E-state index is 0. The van der Waals surface area contributed by atoms with E-state index in [1.165, 1.54) is 329 Å². The maximum absolute atomic E-state index is 12.3. The molecule has 0 bridgehead atoms. The van der Waals surface area contributed by atoms with Crippen molar-refractivity contribution in [3.63, 3.8) is 0 Å². The van der Waals surface area contributed by atoms with Crippen molar-refractivity contribution < 1.29 is 21.2 Å². The maximum atomic E-state index is 12.3. The molecule has 1 aliphatic heterocycles. The Hall–Kier alpha value is -2.25. The van der Waals surface area contributed by atoms with E-state index in [9.17, 15) is 5.53 Å². The van der Waals surface area contributed by atoms with Gasteiger partial charge in [-0.2, -0.15) is 12.8 Å². The van der Waals surface area contributed by atoms with Crippen molar-refractivity contribution in [1.82, 2.24) is 0 Å². The van der Waals surface area contributed by atoms with Crippen LogP contribution in [0.25, 0.3) is 16.9 Å². The van der Waals surface area contributed by atoms with Gasteiger partial charge in [0.05, 0.1) is 0 Å². The van der Waals surface area contributed by atoms with Gasteiger partial charge in [-0.1, -0.05) is 360 Å². The smallest absolute Gasteiger partial charge is 0.493 e. The van der Waals surface area contributed by atoms with Crippen LogP contribution in [0.15, 0.2) is 71.8 Å². The number of allylic oxidation sites excluding steroid dienone is 4. The second-order valence-corrected chi connectivity index (χ2v) is 25.6. The topological polar surface area (TPSA) is 25.3 Å². The van der Waals surface area contributed by atoms with Crippen molar-refractivity contribution in [2.75, 3.05) is 0 Å². The first kappa shape index (κ1) is 81.8. The van der Waals surface area contributed by atoms with Crippen LogP contribution in [0.5, 0.6) is 0 Å². The molecule has 0 saturated carbocycles. The van der Waals surface area contributed by atoms with E-state index < -0.39 is 0 Å². The van der Waals surface area contributed by atoms with Gasteiger partial charge >= 0.3 is 16.5 Å². The summed E-state index contributed by atoms with van der Waals surface area (Å²) in [5, 5.41) is 0. The quantitative estimate of drug-likeness (QED) is 0.0207. The predicted molar refractivity (Wildman–Crippen MR) is 376 cm³/mol. The summed E-state index contributed by atoms with van der Waals surface area (Å²) in [5.74, 6) is 0. The molecule has 0 saturated heterocycles. The number of nitrogens with zero attached hydrogens (tertiary/aromatic N) is 2. The first-order valence-electron chi connectivity index (χ1n) is 37.4. The molecular weight excluding hydrogens is 1060 g/mol. The van der Waals surface area contributed by atoms with Gasteiger partial charge in [-0.3, -0.25) is 0 Å². The van der Waals surface area contributed by atoms with Crippen LogP contribution in [-0.2, 0) is 29.3 Å². The summed E-state index contributed by atoms with van der Waals surface area (Å²) in [5.41, 5.74) is 22.3. The molecule has 2 aromatic rings. The molecule has 0 amide bonds. The fourth-order valence-corrected chi connectivity index (χ4v) is 12.2. The van der Waals surface area contributed by atoms with Crippen LogP contribution in [0.4, 0.5) is 0 Å². The summed E-state index contributed by atoms with van der Waals surface area (Å²) in [4.78, 5) is 0. The molecule has 84 heavy (non-hydrogen) atoms. The first-order valence-corrected chi connectivity index (χ1v) is 37.4. The van der Waals surface area contributed by atoms with Crippen molar-refractivity contribution >= 4 is 11.4 Å². The predicted octanol–water partition coefficient (Wildman–Crippen LogP) is 28.9. The Labute approximate surface area is 537 Å². The van der Waals surface area contributed by atoms with Gasteiger partial charge in [0.2, 0.25) is 11.4 Å². The van der Waals surface area contributed by atoms with E-state index in [-0.39, 0.29) is 16.5 Å². The molecular formula is C81H142N2Ni. The number of hydrogen-bond acceptors (Lipinski definition) is 0. The summed E-state index contributed by atoms with van der Waals surface area (Å²) in [7, 11) is 0. The zero-order valence-corrected chi connectivity index (χ0v) is 58.3. The maximum Gasteiger partial charge on any atom is 2.00 e. The third-order valence-electron chi connectivity index (χ3n) is 17.6. The molecule has 0 fully saturated rings. The van der Waals surface area contributed by atoms with Crippen LogP contribution in [0.1, 0.15) is 404 Å². The van der Waals surface area contributed by atoms with Crippen LogP contribution in [0, 0.1) is 13.8 Å². The first-order chi connectivity index (χ1) is 41.0.